The van der Waals surface area contributed by atoms with Crippen LogP contribution in [0.25, 0.3) is 0 Å². The van der Waals surface area contributed by atoms with Crippen LogP contribution in [0.1, 0.15) is 25.7 Å². The highest BCUT2D eigenvalue weighted by Crippen LogP contribution is 2.54. The minimum Gasteiger partial charge on any atom is -0.478 e. The molecule has 23 heavy (non-hydrogen) atoms. The molecule has 0 aromatic carbocycles. The number of alkyl halides is 3. The van der Waals surface area contributed by atoms with Gasteiger partial charge in [-0.15, -0.1) is 5.10 Å². The lowest BCUT2D eigenvalue weighted by molar-refractivity contribution is -0.227. The molecule has 8 heteroatoms. The Morgan fingerprint density at radius 1 is 1.30 bits per heavy atom. The lowest BCUT2D eigenvalue weighted by atomic mass is 9.58. The van der Waals surface area contributed by atoms with Gasteiger partial charge in [0.05, 0.1) is 25.1 Å². The number of anilines is 1. The van der Waals surface area contributed by atoms with E-state index in [2.05, 4.69) is 10.4 Å². The number of aromatic nitrogens is 2. The lowest BCUT2D eigenvalue weighted by Crippen LogP contribution is -2.51. The average Bonchev–Trinajstić information content (AvgIpc) is 2.86. The van der Waals surface area contributed by atoms with Crippen molar-refractivity contribution >= 4 is 11.6 Å². The molecule has 3 aliphatic carbocycles. The first-order valence-electron chi connectivity index (χ1n) is 7.76. The Bertz CT molecular complexity index is 591. The first kappa shape index (κ1) is 16.1. The van der Waals surface area contributed by atoms with E-state index in [1.54, 1.807) is 7.05 Å². The number of carbonyl (C=O) groups is 1. The Labute approximate surface area is 132 Å². The van der Waals surface area contributed by atoms with Gasteiger partial charge in [0.25, 0.3) is 5.88 Å². The third kappa shape index (κ3) is 2.90. The molecule has 0 spiro atoms. The van der Waals surface area contributed by atoms with E-state index in [0.29, 0.717) is 31.4 Å². The zero-order valence-electron chi connectivity index (χ0n) is 13.1. The number of hydrogen-bond donors (Lipinski definition) is 1. The zero-order chi connectivity index (χ0) is 16.8. The number of ether oxygens (including phenoxy) is 1. The lowest BCUT2D eigenvalue weighted by Gasteiger charge is -2.48. The summed E-state index contributed by atoms with van der Waals surface area (Å²) < 4.78 is 46.9. The SMILES string of the molecule is COc1nn(C)cc1NC(=O)[C@H]1C2CCC(CC2)[C@@H]1C(F)(F)F. The van der Waals surface area contributed by atoms with Gasteiger partial charge in [0, 0.05) is 7.05 Å². The zero-order valence-corrected chi connectivity index (χ0v) is 13.1. The summed E-state index contributed by atoms with van der Waals surface area (Å²) in [5, 5.41) is 6.59. The molecule has 3 aliphatic rings. The van der Waals surface area contributed by atoms with Crippen LogP contribution in [0.3, 0.4) is 0 Å². The maximum absolute atomic E-state index is 13.5. The summed E-state index contributed by atoms with van der Waals surface area (Å²) in [4.78, 5) is 12.6. The van der Waals surface area contributed by atoms with Crippen LogP contribution >= 0.6 is 0 Å². The van der Waals surface area contributed by atoms with E-state index in [-0.39, 0.29) is 11.8 Å². The number of carbonyl (C=O) groups excluding carboxylic acids is 1. The second-order valence-corrected chi connectivity index (χ2v) is 6.48. The summed E-state index contributed by atoms with van der Waals surface area (Å²) in [6.45, 7) is 0. The third-order valence-corrected chi connectivity index (χ3v) is 5.15. The fourth-order valence-electron chi connectivity index (χ4n) is 4.22. The summed E-state index contributed by atoms with van der Waals surface area (Å²) in [5.74, 6) is -3.58. The Hall–Kier alpha value is -1.73. The molecule has 1 aromatic rings. The highest BCUT2D eigenvalue weighted by molar-refractivity contribution is 5.94. The fourth-order valence-corrected chi connectivity index (χ4v) is 4.22. The summed E-state index contributed by atoms with van der Waals surface area (Å²) in [6, 6.07) is 0. The van der Waals surface area contributed by atoms with Crippen LogP contribution in [-0.2, 0) is 11.8 Å². The van der Waals surface area contributed by atoms with Crippen molar-refractivity contribution in [1.29, 1.82) is 0 Å². The highest BCUT2D eigenvalue weighted by atomic mass is 19.4. The number of aryl methyl sites for hydroxylation is 1. The van der Waals surface area contributed by atoms with Crippen molar-refractivity contribution in [1.82, 2.24) is 9.78 Å². The smallest absolute Gasteiger partial charge is 0.392 e. The molecule has 2 bridgehead atoms. The van der Waals surface area contributed by atoms with E-state index in [1.165, 1.54) is 18.0 Å². The normalized spacial score (nSPS) is 30.3. The second kappa shape index (κ2) is 5.72. The van der Waals surface area contributed by atoms with Crippen LogP contribution < -0.4 is 10.1 Å². The summed E-state index contributed by atoms with van der Waals surface area (Å²) in [5.41, 5.74) is 0.308. The predicted molar refractivity (Wildman–Crippen MR) is 76.9 cm³/mol. The molecule has 1 aromatic heterocycles. The van der Waals surface area contributed by atoms with E-state index in [9.17, 15) is 18.0 Å². The van der Waals surface area contributed by atoms with E-state index >= 15 is 0 Å². The minimum absolute atomic E-state index is 0.199. The molecule has 1 N–H and O–H groups in total. The van der Waals surface area contributed by atoms with Gasteiger partial charge >= 0.3 is 6.18 Å². The highest BCUT2D eigenvalue weighted by Gasteiger charge is 2.58. The van der Waals surface area contributed by atoms with Crippen molar-refractivity contribution in [3.63, 3.8) is 0 Å². The van der Waals surface area contributed by atoms with E-state index < -0.39 is 29.8 Å². The van der Waals surface area contributed by atoms with Crippen molar-refractivity contribution in [2.45, 2.75) is 31.9 Å². The molecule has 3 saturated carbocycles. The Kier molecular flexibility index (Phi) is 4.01. The number of nitrogens with one attached hydrogen (secondary N) is 1. The number of fused-ring (bicyclic) bond motifs is 3. The number of rotatable bonds is 3. The molecule has 128 valence electrons. The molecule has 2 atom stereocenters. The van der Waals surface area contributed by atoms with Gasteiger partial charge in [-0.25, -0.2) is 0 Å². The van der Waals surface area contributed by atoms with Gasteiger partial charge in [-0.3, -0.25) is 9.48 Å². The van der Waals surface area contributed by atoms with E-state index in [0.717, 1.165) is 0 Å². The minimum atomic E-state index is -4.34. The van der Waals surface area contributed by atoms with Crippen molar-refractivity contribution in [2.75, 3.05) is 12.4 Å². The fraction of sp³-hybridized carbons (Fsp3) is 0.733. The number of hydrogen-bond acceptors (Lipinski definition) is 3. The third-order valence-electron chi connectivity index (χ3n) is 5.15. The maximum Gasteiger partial charge on any atom is 0.392 e. The van der Waals surface area contributed by atoms with Crippen molar-refractivity contribution < 1.29 is 22.7 Å². The molecule has 0 saturated heterocycles. The van der Waals surface area contributed by atoms with Gasteiger partial charge in [-0.2, -0.15) is 13.2 Å². The molecular formula is C15H20F3N3O2. The van der Waals surface area contributed by atoms with E-state index in [4.69, 9.17) is 4.74 Å². The van der Waals surface area contributed by atoms with Crippen molar-refractivity contribution in [3.05, 3.63) is 6.20 Å². The van der Waals surface area contributed by atoms with Gasteiger partial charge in [0.1, 0.15) is 5.69 Å². The van der Waals surface area contributed by atoms with Gasteiger partial charge in [-0.05, 0) is 37.5 Å². The molecule has 1 heterocycles. The number of methoxy groups -OCH3 is 1. The van der Waals surface area contributed by atoms with Crippen LogP contribution in [0.15, 0.2) is 6.20 Å². The summed E-state index contributed by atoms with van der Waals surface area (Å²) in [7, 11) is 3.05. The molecule has 0 aliphatic heterocycles. The molecule has 0 unspecified atom stereocenters. The van der Waals surface area contributed by atoms with Crippen molar-refractivity contribution in [2.24, 2.45) is 30.7 Å². The van der Waals surface area contributed by atoms with E-state index in [1.807, 2.05) is 0 Å². The van der Waals surface area contributed by atoms with Crippen LogP contribution in [0.2, 0.25) is 0 Å². The van der Waals surface area contributed by atoms with Crippen LogP contribution in [0.5, 0.6) is 5.88 Å². The van der Waals surface area contributed by atoms with Gasteiger partial charge in [0.15, 0.2) is 0 Å². The van der Waals surface area contributed by atoms with Crippen LogP contribution in [-0.4, -0.2) is 29.0 Å². The maximum atomic E-state index is 13.5. The summed E-state index contributed by atoms with van der Waals surface area (Å²) in [6.07, 6.45) is -0.298. The van der Waals surface area contributed by atoms with Crippen LogP contribution in [0.4, 0.5) is 18.9 Å². The molecular weight excluding hydrogens is 311 g/mol. The quantitative estimate of drug-likeness (QED) is 0.926. The Balaban J connectivity index is 1.84. The topological polar surface area (TPSA) is 56.1 Å². The van der Waals surface area contributed by atoms with Gasteiger partial charge < -0.3 is 10.1 Å². The monoisotopic (exact) mass is 331 g/mol. The molecule has 0 radical (unpaired) electrons. The average molecular weight is 331 g/mol. The first-order valence-corrected chi connectivity index (χ1v) is 7.76. The predicted octanol–water partition coefficient (Wildman–Crippen LogP) is 2.98. The van der Waals surface area contributed by atoms with Crippen LogP contribution in [0, 0.1) is 23.7 Å². The van der Waals surface area contributed by atoms with Gasteiger partial charge in [-0.1, -0.05) is 0 Å². The molecule has 3 fully saturated rings. The number of amides is 1. The number of halogens is 3. The van der Waals surface area contributed by atoms with Gasteiger partial charge in [0.2, 0.25) is 5.91 Å². The number of nitrogens with zero attached hydrogens (tertiary/aromatic N) is 2. The standard InChI is InChI=1S/C15H20F3N3O2/c1-21-7-10(14(20-21)23-2)19-13(22)11-8-3-5-9(6-4-8)12(11)15(16,17)18/h7-9,11-12H,3-6H2,1-2H3,(H,19,22)/t8?,9?,11-,12-/m0/s1. The molecule has 5 nitrogen and oxygen atoms in total. The Morgan fingerprint density at radius 3 is 2.48 bits per heavy atom. The largest absolute Gasteiger partial charge is 0.478 e. The van der Waals surface area contributed by atoms with Crippen molar-refractivity contribution in [3.8, 4) is 5.88 Å². The second-order valence-electron chi connectivity index (χ2n) is 6.48. The molecule has 4 rings (SSSR count). The molecule has 1 amide bonds. The summed E-state index contributed by atoms with van der Waals surface area (Å²) >= 11 is 0. The Morgan fingerprint density at radius 2 is 1.91 bits per heavy atom. The first-order chi connectivity index (χ1) is 10.8.